The lowest BCUT2D eigenvalue weighted by atomic mass is 10.2. The van der Waals surface area contributed by atoms with E-state index in [1.807, 2.05) is 17.6 Å². The Morgan fingerprint density at radius 3 is 3.04 bits per heavy atom. The molecule has 0 saturated heterocycles. The van der Waals surface area contributed by atoms with Crippen molar-refractivity contribution in [3.63, 3.8) is 0 Å². The predicted octanol–water partition coefficient (Wildman–Crippen LogP) is 2.76. The van der Waals surface area contributed by atoms with E-state index in [9.17, 15) is 4.79 Å². The fourth-order valence-corrected chi connectivity index (χ4v) is 2.81. The number of carbonyl (C=O) groups excluding carboxylic acids is 1. The average Bonchev–Trinajstić information content (AvgIpc) is 2.88. The number of rotatable bonds is 6. The molecule has 1 aromatic heterocycles. The molecule has 7 heteroatoms. The summed E-state index contributed by atoms with van der Waals surface area (Å²) in [6, 6.07) is 8.86. The maximum absolute atomic E-state index is 12.3. The molecule has 0 spiro atoms. The second-order valence-electron chi connectivity index (χ2n) is 4.87. The zero-order chi connectivity index (χ0) is 16.8. The Labute approximate surface area is 139 Å². The lowest BCUT2D eigenvalue weighted by molar-refractivity contribution is -0.115. The molecule has 118 valence electrons. The van der Waals surface area contributed by atoms with Gasteiger partial charge < -0.3 is 9.88 Å². The zero-order valence-corrected chi connectivity index (χ0v) is 13.8. The molecule has 0 unspecified atom stereocenters. The van der Waals surface area contributed by atoms with E-state index in [1.54, 1.807) is 37.3 Å². The highest BCUT2D eigenvalue weighted by Gasteiger charge is 2.19. The van der Waals surface area contributed by atoms with Crippen LogP contribution in [0.4, 0.5) is 5.69 Å². The van der Waals surface area contributed by atoms with E-state index in [4.69, 9.17) is 5.26 Å². The summed E-state index contributed by atoms with van der Waals surface area (Å²) >= 11 is 1.33. The van der Waals surface area contributed by atoms with E-state index in [-0.39, 0.29) is 11.2 Å². The lowest BCUT2D eigenvalue weighted by Gasteiger charge is -2.12. The normalized spacial score (nSPS) is 11.5. The monoisotopic (exact) mass is 327 g/mol. The molecule has 2 rings (SSSR count). The summed E-state index contributed by atoms with van der Waals surface area (Å²) in [6.45, 7) is 7.97. The third kappa shape index (κ3) is 4.20. The molecular formula is C16H17N5OS. The molecule has 2 aromatic rings. The van der Waals surface area contributed by atoms with Gasteiger partial charge in [-0.1, -0.05) is 23.9 Å². The summed E-state index contributed by atoms with van der Waals surface area (Å²) in [5, 5.41) is 20.1. The van der Waals surface area contributed by atoms with Crippen LogP contribution in [0.5, 0.6) is 0 Å². The van der Waals surface area contributed by atoms with E-state index in [1.165, 1.54) is 11.8 Å². The third-order valence-corrected chi connectivity index (χ3v) is 4.20. The first kappa shape index (κ1) is 16.8. The Morgan fingerprint density at radius 1 is 1.57 bits per heavy atom. The fraction of sp³-hybridized carbons (Fsp3) is 0.250. The highest BCUT2D eigenvalue weighted by atomic mass is 32.2. The van der Waals surface area contributed by atoms with Gasteiger partial charge in [0, 0.05) is 12.2 Å². The summed E-state index contributed by atoms with van der Waals surface area (Å²) in [5.41, 5.74) is 1.11. The van der Waals surface area contributed by atoms with E-state index in [0.717, 1.165) is 5.82 Å². The molecule has 23 heavy (non-hydrogen) atoms. The first-order valence-electron chi connectivity index (χ1n) is 7.03. The summed E-state index contributed by atoms with van der Waals surface area (Å²) in [4.78, 5) is 12.3. The molecule has 0 fully saturated rings. The van der Waals surface area contributed by atoms with E-state index < -0.39 is 0 Å². The predicted molar refractivity (Wildman–Crippen MR) is 90.1 cm³/mol. The minimum absolute atomic E-state index is 0.157. The topological polar surface area (TPSA) is 83.6 Å². The number of nitriles is 1. The molecule has 1 amide bonds. The van der Waals surface area contributed by atoms with Crippen LogP contribution in [0.3, 0.4) is 0 Å². The minimum Gasteiger partial charge on any atom is -0.325 e. The van der Waals surface area contributed by atoms with Gasteiger partial charge in [0.15, 0.2) is 5.16 Å². The zero-order valence-electron chi connectivity index (χ0n) is 13.0. The molecule has 1 heterocycles. The van der Waals surface area contributed by atoms with Gasteiger partial charge in [0.2, 0.25) is 5.91 Å². The number of hydrogen-bond acceptors (Lipinski definition) is 5. The summed E-state index contributed by atoms with van der Waals surface area (Å²) < 4.78 is 1.90. The molecule has 1 atom stereocenters. The van der Waals surface area contributed by atoms with Crippen LogP contribution in [0.2, 0.25) is 0 Å². The van der Waals surface area contributed by atoms with E-state index in [2.05, 4.69) is 22.1 Å². The molecule has 1 aromatic carbocycles. The number of hydrogen-bond donors (Lipinski definition) is 1. The number of aromatic nitrogens is 3. The first-order valence-corrected chi connectivity index (χ1v) is 7.91. The second kappa shape index (κ2) is 7.61. The average molecular weight is 327 g/mol. The smallest absolute Gasteiger partial charge is 0.237 e. The van der Waals surface area contributed by atoms with E-state index in [0.29, 0.717) is 23.0 Å². The number of benzene rings is 1. The number of amides is 1. The number of nitrogens with one attached hydrogen (secondary N) is 1. The Bertz CT molecular complexity index is 762. The van der Waals surface area contributed by atoms with Crippen LogP contribution in [0.25, 0.3) is 0 Å². The van der Waals surface area contributed by atoms with Crippen molar-refractivity contribution in [2.75, 3.05) is 5.32 Å². The van der Waals surface area contributed by atoms with Crippen LogP contribution in [0.15, 0.2) is 42.1 Å². The van der Waals surface area contributed by atoms with E-state index >= 15 is 0 Å². The Kier molecular flexibility index (Phi) is 5.55. The molecule has 6 nitrogen and oxygen atoms in total. The van der Waals surface area contributed by atoms with Gasteiger partial charge in [0.1, 0.15) is 5.82 Å². The number of allylic oxidation sites excluding steroid dienone is 1. The molecule has 0 saturated carbocycles. The van der Waals surface area contributed by atoms with Crippen molar-refractivity contribution in [3.05, 3.63) is 48.3 Å². The SMILES string of the molecule is C=CCn1c(C)nnc1S[C@@H](C)C(=O)Nc1cccc(C#N)c1. The van der Waals surface area contributed by atoms with Crippen LogP contribution < -0.4 is 5.32 Å². The highest BCUT2D eigenvalue weighted by Crippen LogP contribution is 2.23. The Hall–Kier alpha value is -2.59. The van der Waals surface area contributed by atoms with Gasteiger partial charge >= 0.3 is 0 Å². The molecule has 0 radical (unpaired) electrons. The Morgan fingerprint density at radius 2 is 2.35 bits per heavy atom. The largest absolute Gasteiger partial charge is 0.325 e. The second-order valence-corrected chi connectivity index (χ2v) is 6.18. The maximum atomic E-state index is 12.3. The van der Waals surface area contributed by atoms with Gasteiger partial charge in [-0.25, -0.2) is 0 Å². The number of nitrogens with zero attached hydrogens (tertiary/aromatic N) is 4. The molecule has 0 aliphatic heterocycles. The van der Waals surface area contributed by atoms with Crippen molar-refractivity contribution >= 4 is 23.4 Å². The molecular weight excluding hydrogens is 310 g/mol. The van der Waals surface area contributed by atoms with Crippen molar-refractivity contribution < 1.29 is 4.79 Å². The van der Waals surface area contributed by atoms with Crippen LogP contribution >= 0.6 is 11.8 Å². The third-order valence-electron chi connectivity index (χ3n) is 3.12. The molecule has 0 aliphatic carbocycles. The van der Waals surface area contributed by atoms with Gasteiger partial charge in [0.05, 0.1) is 16.9 Å². The molecule has 0 bridgehead atoms. The van der Waals surface area contributed by atoms with Gasteiger partial charge in [-0.15, -0.1) is 16.8 Å². The number of anilines is 1. The van der Waals surface area contributed by atoms with Crippen molar-refractivity contribution in [1.82, 2.24) is 14.8 Å². The Balaban J connectivity index is 2.05. The quantitative estimate of drug-likeness (QED) is 0.651. The van der Waals surface area contributed by atoms with Crippen LogP contribution in [-0.4, -0.2) is 25.9 Å². The molecule has 1 N–H and O–H groups in total. The molecule has 0 aliphatic rings. The number of thioether (sulfide) groups is 1. The standard InChI is InChI=1S/C16H17N5OS/c1-4-8-21-12(3)19-20-16(21)23-11(2)15(22)18-14-7-5-6-13(9-14)10-17/h4-7,9,11H,1,8H2,2-3H3,(H,18,22)/t11-/m0/s1. The van der Waals surface area contributed by atoms with Gasteiger partial charge in [0.25, 0.3) is 0 Å². The van der Waals surface area contributed by atoms with Gasteiger partial charge in [-0.2, -0.15) is 5.26 Å². The number of aryl methyl sites for hydroxylation is 1. The van der Waals surface area contributed by atoms with Crippen LogP contribution in [0, 0.1) is 18.3 Å². The van der Waals surface area contributed by atoms with Crippen LogP contribution in [-0.2, 0) is 11.3 Å². The minimum atomic E-state index is -0.354. The summed E-state index contributed by atoms with van der Waals surface area (Å²) in [7, 11) is 0. The van der Waals surface area contributed by atoms with Crippen molar-refractivity contribution in [2.45, 2.75) is 30.8 Å². The van der Waals surface area contributed by atoms with Crippen molar-refractivity contribution in [3.8, 4) is 6.07 Å². The number of carbonyl (C=O) groups is 1. The summed E-state index contributed by atoms with van der Waals surface area (Å²) in [5.74, 6) is 0.623. The van der Waals surface area contributed by atoms with Crippen LogP contribution in [0.1, 0.15) is 18.3 Å². The first-order chi connectivity index (χ1) is 11.0. The fourth-order valence-electron chi connectivity index (χ4n) is 1.91. The van der Waals surface area contributed by atoms with Gasteiger partial charge in [-0.3, -0.25) is 4.79 Å². The highest BCUT2D eigenvalue weighted by molar-refractivity contribution is 8.00. The van der Waals surface area contributed by atoms with Crippen molar-refractivity contribution in [1.29, 1.82) is 5.26 Å². The summed E-state index contributed by atoms with van der Waals surface area (Å²) in [6.07, 6.45) is 1.76. The van der Waals surface area contributed by atoms with Crippen molar-refractivity contribution in [2.24, 2.45) is 0 Å². The van der Waals surface area contributed by atoms with Gasteiger partial charge in [-0.05, 0) is 32.0 Å². The maximum Gasteiger partial charge on any atom is 0.237 e. The lowest BCUT2D eigenvalue weighted by Crippen LogP contribution is -2.23.